The van der Waals surface area contributed by atoms with Crippen LogP contribution in [-0.4, -0.2) is 9.97 Å². The van der Waals surface area contributed by atoms with Crippen molar-refractivity contribution in [3.8, 4) is 6.07 Å². The van der Waals surface area contributed by atoms with Crippen LogP contribution >= 0.6 is 27.7 Å². The van der Waals surface area contributed by atoms with E-state index in [1.54, 1.807) is 18.5 Å². The molecule has 0 bridgehead atoms. The lowest BCUT2D eigenvalue weighted by molar-refractivity contribution is 1.06. The molecule has 2 aromatic rings. The second kappa shape index (κ2) is 4.51. The summed E-state index contributed by atoms with van der Waals surface area (Å²) in [7, 11) is 0. The molecular formula is C10H6BrN3S. The number of benzene rings is 1. The normalized spacial score (nSPS) is 9.87. The third kappa shape index (κ3) is 2.41. The molecule has 74 valence electrons. The number of aromatic nitrogens is 2. The van der Waals surface area contributed by atoms with Crippen molar-refractivity contribution in [1.82, 2.24) is 9.97 Å². The number of hydrogen-bond acceptors (Lipinski definition) is 3. The monoisotopic (exact) mass is 279 g/mol. The molecule has 0 unspecified atom stereocenters. The van der Waals surface area contributed by atoms with Crippen LogP contribution in [0.3, 0.4) is 0 Å². The van der Waals surface area contributed by atoms with E-state index in [2.05, 4.69) is 32.0 Å². The Bertz CT molecular complexity index is 502. The molecule has 0 atom stereocenters. The summed E-state index contributed by atoms with van der Waals surface area (Å²) in [5.41, 5.74) is 0.638. The molecule has 1 aromatic heterocycles. The van der Waals surface area contributed by atoms with Crippen LogP contribution in [-0.2, 0) is 0 Å². The largest absolute Gasteiger partial charge is 0.339 e. The van der Waals surface area contributed by atoms with Crippen LogP contribution in [0.1, 0.15) is 5.56 Å². The van der Waals surface area contributed by atoms with E-state index in [1.165, 1.54) is 11.8 Å². The summed E-state index contributed by atoms with van der Waals surface area (Å²) in [6, 6.07) is 7.70. The van der Waals surface area contributed by atoms with Crippen molar-refractivity contribution in [1.29, 1.82) is 5.26 Å². The van der Waals surface area contributed by atoms with Gasteiger partial charge in [0.25, 0.3) is 0 Å². The van der Waals surface area contributed by atoms with Crippen molar-refractivity contribution in [2.75, 3.05) is 0 Å². The second-order valence-electron chi connectivity index (χ2n) is 2.75. The van der Waals surface area contributed by atoms with Crippen molar-refractivity contribution in [2.24, 2.45) is 0 Å². The lowest BCUT2D eigenvalue weighted by atomic mass is 10.2. The highest BCUT2D eigenvalue weighted by atomic mass is 79.9. The van der Waals surface area contributed by atoms with Crippen LogP contribution in [0.4, 0.5) is 0 Å². The molecule has 0 spiro atoms. The zero-order valence-electron chi connectivity index (χ0n) is 7.57. The molecule has 2 rings (SSSR count). The maximum Gasteiger partial charge on any atom is 0.170 e. The quantitative estimate of drug-likeness (QED) is 0.919. The molecular weight excluding hydrogens is 274 g/mol. The van der Waals surface area contributed by atoms with Crippen LogP contribution in [0.15, 0.2) is 45.1 Å². The topological polar surface area (TPSA) is 52.5 Å². The van der Waals surface area contributed by atoms with E-state index >= 15 is 0 Å². The first-order valence-corrected chi connectivity index (χ1v) is 5.77. The molecule has 0 saturated carbocycles. The van der Waals surface area contributed by atoms with E-state index < -0.39 is 0 Å². The number of imidazole rings is 1. The molecule has 0 amide bonds. The minimum Gasteiger partial charge on any atom is -0.339 e. The van der Waals surface area contributed by atoms with Gasteiger partial charge >= 0.3 is 0 Å². The first kappa shape index (κ1) is 10.3. The van der Waals surface area contributed by atoms with Crippen LogP contribution in [0.5, 0.6) is 0 Å². The lowest BCUT2D eigenvalue weighted by Gasteiger charge is -2.00. The zero-order chi connectivity index (χ0) is 10.7. The molecule has 15 heavy (non-hydrogen) atoms. The predicted octanol–water partition coefficient (Wildman–Crippen LogP) is 3.20. The molecule has 3 nitrogen and oxygen atoms in total. The summed E-state index contributed by atoms with van der Waals surface area (Å²) in [5.74, 6) is 0. The molecule has 0 saturated heterocycles. The highest BCUT2D eigenvalue weighted by molar-refractivity contribution is 9.10. The van der Waals surface area contributed by atoms with Gasteiger partial charge in [0.2, 0.25) is 0 Å². The van der Waals surface area contributed by atoms with Crippen molar-refractivity contribution in [3.05, 3.63) is 40.6 Å². The fourth-order valence-electron chi connectivity index (χ4n) is 1.07. The van der Waals surface area contributed by atoms with Gasteiger partial charge in [0.1, 0.15) is 6.07 Å². The van der Waals surface area contributed by atoms with Gasteiger partial charge in [-0.2, -0.15) is 5.26 Å². The van der Waals surface area contributed by atoms with E-state index in [4.69, 9.17) is 5.26 Å². The van der Waals surface area contributed by atoms with Gasteiger partial charge < -0.3 is 4.98 Å². The highest BCUT2D eigenvalue weighted by Crippen LogP contribution is 2.28. The van der Waals surface area contributed by atoms with E-state index in [9.17, 15) is 0 Å². The van der Waals surface area contributed by atoms with E-state index in [-0.39, 0.29) is 0 Å². The molecule has 0 fully saturated rings. The summed E-state index contributed by atoms with van der Waals surface area (Å²) in [6.07, 6.45) is 3.49. The second-order valence-corrected chi connectivity index (χ2v) is 4.67. The van der Waals surface area contributed by atoms with E-state index in [1.807, 2.05) is 12.1 Å². The van der Waals surface area contributed by atoms with Crippen LogP contribution in [0, 0.1) is 11.3 Å². The summed E-state index contributed by atoms with van der Waals surface area (Å²) >= 11 is 4.87. The molecule has 5 heteroatoms. The van der Waals surface area contributed by atoms with Crippen LogP contribution in [0.2, 0.25) is 0 Å². The first-order chi connectivity index (χ1) is 7.29. The number of rotatable bonds is 2. The molecule has 0 aliphatic rings. The van der Waals surface area contributed by atoms with Gasteiger partial charge in [0, 0.05) is 21.8 Å². The fraction of sp³-hybridized carbons (Fsp3) is 0. The van der Waals surface area contributed by atoms with E-state index in [0.29, 0.717) is 5.56 Å². The minimum absolute atomic E-state index is 0.638. The van der Waals surface area contributed by atoms with Crippen molar-refractivity contribution in [2.45, 2.75) is 10.1 Å². The number of halogens is 1. The predicted molar refractivity (Wildman–Crippen MR) is 61.6 cm³/mol. The Balaban J connectivity index is 2.24. The fourth-order valence-corrected chi connectivity index (χ4v) is 2.46. The SMILES string of the molecule is N#Cc1ccc(Sc2ncc[nH]2)cc1Br. The first-order valence-electron chi connectivity index (χ1n) is 4.16. The zero-order valence-corrected chi connectivity index (χ0v) is 9.97. The third-order valence-electron chi connectivity index (χ3n) is 1.75. The Morgan fingerprint density at radius 3 is 2.93 bits per heavy atom. The van der Waals surface area contributed by atoms with E-state index in [0.717, 1.165) is 14.5 Å². The summed E-state index contributed by atoms with van der Waals surface area (Å²) in [4.78, 5) is 8.15. The Kier molecular flexibility index (Phi) is 3.09. The van der Waals surface area contributed by atoms with Gasteiger partial charge in [-0.3, -0.25) is 0 Å². The molecule has 0 radical (unpaired) electrons. The van der Waals surface area contributed by atoms with Crippen molar-refractivity contribution in [3.63, 3.8) is 0 Å². The Labute approximate surface area is 99.7 Å². The number of H-pyrrole nitrogens is 1. The van der Waals surface area contributed by atoms with Crippen molar-refractivity contribution >= 4 is 27.7 Å². The minimum atomic E-state index is 0.638. The summed E-state index contributed by atoms with van der Waals surface area (Å²) < 4.78 is 0.807. The van der Waals surface area contributed by atoms with Gasteiger partial charge in [-0.15, -0.1) is 0 Å². The number of nitrogens with zero attached hydrogens (tertiary/aromatic N) is 2. The Morgan fingerprint density at radius 2 is 2.33 bits per heavy atom. The standard InChI is InChI=1S/C10H6BrN3S/c11-9-5-8(2-1-7(9)6-12)15-10-13-3-4-14-10/h1-5H,(H,13,14). The molecule has 0 aliphatic carbocycles. The summed E-state index contributed by atoms with van der Waals surface area (Å²) in [5, 5.41) is 9.60. The van der Waals surface area contributed by atoms with Gasteiger partial charge in [0.15, 0.2) is 5.16 Å². The number of nitrogens with one attached hydrogen (secondary N) is 1. The molecule has 1 heterocycles. The smallest absolute Gasteiger partial charge is 0.170 e. The average molecular weight is 280 g/mol. The number of nitriles is 1. The number of hydrogen-bond donors (Lipinski definition) is 1. The maximum absolute atomic E-state index is 8.76. The van der Waals surface area contributed by atoms with Gasteiger partial charge in [0.05, 0.1) is 5.56 Å². The highest BCUT2D eigenvalue weighted by Gasteiger charge is 2.03. The summed E-state index contributed by atoms with van der Waals surface area (Å²) in [6.45, 7) is 0. The maximum atomic E-state index is 8.76. The molecule has 1 aromatic carbocycles. The van der Waals surface area contributed by atoms with Crippen LogP contribution < -0.4 is 0 Å². The van der Waals surface area contributed by atoms with Gasteiger partial charge in [-0.1, -0.05) is 11.8 Å². The van der Waals surface area contributed by atoms with Gasteiger partial charge in [-0.25, -0.2) is 4.98 Å². The van der Waals surface area contributed by atoms with Crippen LogP contribution in [0.25, 0.3) is 0 Å². The average Bonchev–Trinajstić information content (AvgIpc) is 2.71. The molecule has 1 N–H and O–H groups in total. The molecule has 0 aliphatic heterocycles. The number of aromatic amines is 1. The lowest BCUT2D eigenvalue weighted by Crippen LogP contribution is -1.80. The Hall–Kier alpha value is -1.25. The van der Waals surface area contributed by atoms with Crippen molar-refractivity contribution < 1.29 is 0 Å². The Morgan fingerprint density at radius 1 is 1.47 bits per heavy atom. The third-order valence-corrected chi connectivity index (χ3v) is 3.31. The van der Waals surface area contributed by atoms with Gasteiger partial charge in [-0.05, 0) is 34.1 Å².